The Hall–Kier alpha value is -1.85. The summed E-state index contributed by atoms with van der Waals surface area (Å²) in [6.45, 7) is 4.22. The fraction of sp³-hybridized carbons (Fsp3) is 0.476. The Morgan fingerprint density at radius 1 is 1.08 bits per heavy atom. The minimum Gasteiger partial charge on any atom is -0.488 e. The van der Waals surface area contributed by atoms with Crippen molar-refractivity contribution in [2.24, 2.45) is 0 Å². The van der Waals surface area contributed by atoms with Crippen LogP contribution in [0.3, 0.4) is 0 Å². The van der Waals surface area contributed by atoms with Crippen molar-refractivity contribution in [1.82, 2.24) is 9.80 Å². The zero-order valence-corrected chi connectivity index (χ0v) is 15.9. The molecular weight excluding hydrogens is 344 g/mol. The molecule has 0 N–H and O–H groups in total. The Morgan fingerprint density at radius 3 is 2.62 bits per heavy atom. The number of carbonyl (C=O) groups is 1. The fourth-order valence-corrected chi connectivity index (χ4v) is 4.63. The summed E-state index contributed by atoms with van der Waals surface area (Å²) in [7, 11) is 0. The van der Waals surface area contributed by atoms with Crippen molar-refractivity contribution in [1.29, 1.82) is 0 Å². The number of hydrogen-bond acceptors (Lipinski definition) is 4. The maximum Gasteiger partial charge on any atom is 0.254 e. The second-order valence-corrected chi connectivity index (χ2v) is 8.19. The quantitative estimate of drug-likeness (QED) is 0.797. The average Bonchev–Trinajstić information content (AvgIpc) is 3.40. The summed E-state index contributed by atoms with van der Waals surface area (Å²) in [6, 6.07) is 12.4. The predicted molar refractivity (Wildman–Crippen MR) is 105 cm³/mol. The highest BCUT2D eigenvalue weighted by molar-refractivity contribution is 7.09. The van der Waals surface area contributed by atoms with Crippen LogP contribution in [0, 0.1) is 0 Å². The van der Waals surface area contributed by atoms with Gasteiger partial charge in [0.25, 0.3) is 5.91 Å². The smallest absolute Gasteiger partial charge is 0.254 e. The van der Waals surface area contributed by atoms with Gasteiger partial charge < -0.3 is 9.64 Å². The van der Waals surface area contributed by atoms with Crippen LogP contribution >= 0.6 is 11.3 Å². The van der Waals surface area contributed by atoms with Crippen LogP contribution in [0.5, 0.6) is 5.75 Å². The molecule has 0 bridgehead atoms. The summed E-state index contributed by atoms with van der Waals surface area (Å²) in [5, 5.41) is 2.05. The first-order valence-electron chi connectivity index (χ1n) is 9.58. The Morgan fingerprint density at radius 2 is 1.88 bits per heavy atom. The first-order chi connectivity index (χ1) is 12.8. The van der Waals surface area contributed by atoms with Gasteiger partial charge in [-0.05, 0) is 42.5 Å². The van der Waals surface area contributed by atoms with Crippen LogP contribution in [0.25, 0.3) is 0 Å². The Kier molecular flexibility index (Phi) is 5.56. The van der Waals surface area contributed by atoms with Gasteiger partial charge in [-0.2, -0.15) is 0 Å². The first-order valence-corrected chi connectivity index (χ1v) is 10.5. The van der Waals surface area contributed by atoms with Crippen LogP contribution in [0.4, 0.5) is 0 Å². The normalized spacial score (nSPS) is 19.0. The second kappa shape index (κ2) is 8.23. The maximum absolute atomic E-state index is 12.9. The van der Waals surface area contributed by atoms with Gasteiger partial charge in [0.05, 0.1) is 0 Å². The molecular formula is C21H26N2O2S. The number of piperazine rings is 1. The lowest BCUT2D eigenvalue weighted by Crippen LogP contribution is -2.51. The third kappa shape index (κ3) is 4.10. The molecule has 26 heavy (non-hydrogen) atoms. The van der Waals surface area contributed by atoms with Gasteiger partial charge in [-0.15, -0.1) is 11.3 Å². The van der Waals surface area contributed by atoms with Crippen LogP contribution in [0.2, 0.25) is 0 Å². The van der Waals surface area contributed by atoms with E-state index < -0.39 is 0 Å². The van der Waals surface area contributed by atoms with Crippen molar-refractivity contribution in [3.8, 4) is 5.75 Å². The molecule has 0 unspecified atom stereocenters. The van der Waals surface area contributed by atoms with Gasteiger partial charge in [-0.1, -0.05) is 25.0 Å². The zero-order chi connectivity index (χ0) is 17.8. The van der Waals surface area contributed by atoms with Gasteiger partial charge >= 0.3 is 0 Å². The van der Waals surface area contributed by atoms with Gasteiger partial charge in [-0.3, -0.25) is 9.69 Å². The third-order valence-electron chi connectivity index (χ3n) is 5.48. The lowest BCUT2D eigenvalue weighted by molar-refractivity contribution is 0.0573. The topological polar surface area (TPSA) is 32.8 Å². The number of thiophene rings is 1. The molecule has 4 nitrogen and oxygen atoms in total. The molecule has 1 saturated carbocycles. The standard InChI is InChI=1S/C21H26N2O2S/c24-21(23-12-10-22(11-13-23)18-6-1-2-7-18)17-5-3-8-19(15-17)25-16-20-9-4-14-26-20/h3-5,8-9,14-15,18H,1-2,6-7,10-13,16H2. The SMILES string of the molecule is O=C(c1cccc(OCc2cccs2)c1)N1CCN(C2CCCC2)CC1. The molecule has 2 aliphatic rings. The second-order valence-electron chi connectivity index (χ2n) is 7.16. The molecule has 2 heterocycles. The molecule has 0 atom stereocenters. The Labute approximate surface area is 159 Å². The number of rotatable bonds is 5. The van der Waals surface area contributed by atoms with Crippen molar-refractivity contribution in [2.45, 2.75) is 38.3 Å². The van der Waals surface area contributed by atoms with Crippen molar-refractivity contribution in [3.63, 3.8) is 0 Å². The molecule has 2 aromatic rings. The monoisotopic (exact) mass is 370 g/mol. The molecule has 138 valence electrons. The number of hydrogen-bond donors (Lipinski definition) is 0. The first kappa shape index (κ1) is 17.6. The number of amides is 1. The predicted octanol–water partition coefficient (Wildman–Crippen LogP) is 4.03. The molecule has 0 spiro atoms. The van der Waals surface area contributed by atoms with Gasteiger partial charge in [0.15, 0.2) is 0 Å². The van der Waals surface area contributed by atoms with Crippen LogP contribution in [-0.4, -0.2) is 47.9 Å². The van der Waals surface area contributed by atoms with Gasteiger partial charge in [0.1, 0.15) is 12.4 Å². The van der Waals surface area contributed by atoms with E-state index in [0.29, 0.717) is 6.61 Å². The van der Waals surface area contributed by atoms with Crippen molar-refractivity contribution < 1.29 is 9.53 Å². The molecule has 1 aliphatic carbocycles. The summed E-state index contributed by atoms with van der Waals surface area (Å²) < 4.78 is 5.84. The summed E-state index contributed by atoms with van der Waals surface area (Å²) in [5.41, 5.74) is 0.725. The number of nitrogens with zero attached hydrogens (tertiary/aromatic N) is 2. The van der Waals surface area contributed by atoms with E-state index in [1.165, 1.54) is 30.6 Å². The van der Waals surface area contributed by atoms with Crippen molar-refractivity contribution in [2.75, 3.05) is 26.2 Å². The highest BCUT2D eigenvalue weighted by atomic mass is 32.1. The Bertz CT molecular complexity index is 717. The van der Waals surface area contributed by atoms with E-state index in [4.69, 9.17) is 4.74 Å². The number of benzene rings is 1. The molecule has 1 aromatic carbocycles. The molecule has 1 amide bonds. The summed E-state index contributed by atoms with van der Waals surface area (Å²) in [5.74, 6) is 0.881. The van der Waals surface area contributed by atoms with E-state index >= 15 is 0 Å². The van der Waals surface area contributed by atoms with E-state index in [-0.39, 0.29) is 5.91 Å². The number of ether oxygens (including phenoxy) is 1. The highest BCUT2D eigenvalue weighted by Gasteiger charge is 2.28. The lowest BCUT2D eigenvalue weighted by Gasteiger charge is -2.38. The van der Waals surface area contributed by atoms with Crippen molar-refractivity contribution in [3.05, 3.63) is 52.2 Å². The zero-order valence-electron chi connectivity index (χ0n) is 15.1. The molecule has 5 heteroatoms. The molecule has 4 rings (SSSR count). The molecule has 0 radical (unpaired) electrons. The van der Waals surface area contributed by atoms with E-state index in [1.807, 2.05) is 40.6 Å². The van der Waals surface area contributed by atoms with Crippen LogP contribution in [0.1, 0.15) is 40.9 Å². The average molecular weight is 371 g/mol. The van der Waals surface area contributed by atoms with Crippen LogP contribution < -0.4 is 4.74 Å². The third-order valence-corrected chi connectivity index (χ3v) is 6.33. The number of carbonyl (C=O) groups excluding carboxylic acids is 1. The van der Waals surface area contributed by atoms with E-state index in [1.54, 1.807) is 11.3 Å². The molecule has 1 saturated heterocycles. The molecule has 1 aliphatic heterocycles. The van der Waals surface area contributed by atoms with Gasteiger partial charge in [-0.25, -0.2) is 0 Å². The summed E-state index contributed by atoms with van der Waals surface area (Å²) in [6.07, 6.45) is 5.39. The van der Waals surface area contributed by atoms with Gasteiger partial charge in [0, 0.05) is 42.7 Å². The highest BCUT2D eigenvalue weighted by Crippen LogP contribution is 2.25. The summed E-state index contributed by atoms with van der Waals surface area (Å²) >= 11 is 1.68. The summed E-state index contributed by atoms with van der Waals surface area (Å²) in [4.78, 5) is 18.6. The molecule has 2 fully saturated rings. The van der Waals surface area contributed by atoms with Gasteiger partial charge in [0.2, 0.25) is 0 Å². The van der Waals surface area contributed by atoms with E-state index in [2.05, 4.69) is 11.0 Å². The van der Waals surface area contributed by atoms with Crippen molar-refractivity contribution >= 4 is 17.2 Å². The minimum absolute atomic E-state index is 0.123. The maximum atomic E-state index is 12.9. The largest absolute Gasteiger partial charge is 0.488 e. The van der Waals surface area contributed by atoms with Crippen LogP contribution in [-0.2, 0) is 6.61 Å². The lowest BCUT2D eigenvalue weighted by atomic mass is 10.1. The van der Waals surface area contributed by atoms with E-state index in [0.717, 1.165) is 43.5 Å². The van der Waals surface area contributed by atoms with Crippen LogP contribution in [0.15, 0.2) is 41.8 Å². The fourth-order valence-electron chi connectivity index (χ4n) is 4.01. The Balaban J connectivity index is 1.33. The molecule has 1 aromatic heterocycles. The minimum atomic E-state index is 0.123. The van der Waals surface area contributed by atoms with E-state index in [9.17, 15) is 4.79 Å².